The summed E-state index contributed by atoms with van der Waals surface area (Å²) < 4.78 is 4.13. The van der Waals surface area contributed by atoms with Gasteiger partial charge in [-0.1, -0.05) is 6.07 Å². The van der Waals surface area contributed by atoms with E-state index in [1.54, 1.807) is 6.33 Å². The molecule has 0 aliphatic carbocycles. The van der Waals surface area contributed by atoms with E-state index in [0.717, 1.165) is 28.7 Å². The fraction of sp³-hybridized carbons (Fsp3) is 0.143. The lowest BCUT2D eigenvalue weighted by Gasteiger charge is -2.06. The summed E-state index contributed by atoms with van der Waals surface area (Å²) in [6.45, 7) is 0.759. The maximum absolute atomic E-state index is 9.07. The molecular weight excluding hydrogens is 224 g/mol. The van der Waals surface area contributed by atoms with Crippen LogP contribution in [0.5, 0.6) is 0 Å². The Kier molecular flexibility index (Phi) is 2.38. The summed E-state index contributed by atoms with van der Waals surface area (Å²) in [7, 11) is 1.98. The van der Waals surface area contributed by atoms with Crippen molar-refractivity contribution in [1.29, 1.82) is 5.26 Å². The summed E-state index contributed by atoms with van der Waals surface area (Å²) in [4.78, 5) is 4.11. The Morgan fingerprint density at radius 2 is 2.22 bits per heavy atom. The summed E-state index contributed by atoms with van der Waals surface area (Å²) in [6, 6.07) is 10.0. The molecule has 0 bridgehead atoms. The van der Waals surface area contributed by atoms with Gasteiger partial charge in [-0.25, -0.2) is 4.98 Å². The monoisotopic (exact) mass is 236 g/mol. The van der Waals surface area contributed by atoms with Crippen molar-refractivity contribution in [2.75, 3.05) is 0 Å². The van der Waals surface area contributed by atoms with Gasteiger partial charge in [-0.3, -0.25) is 0 Å². The minimum Gasteiger partial charge on any atom is -0.341 e. The molecule has 0 atom stereocenters. The van der Waals surface area contributed by atoms with E-state index in [9.17, 15) is 0 Å². The van der Waals surface area contributed by atoms with Gasteiger partial charge in [-0.15, -0.1) is 0 Å². The minimum atomic E-state index is 0.719. The Hall–Kier alpha value is -2.54. The lowest BCUT2D eigenvalue weighted by atomic mass is 10.1. The van der Waals surface area contributed by atoms with Crippen LogP contribution in [0.4, 0.5) is 0 Å². The number of rotatable bonds is 2. The van der Waals surface area contributed by atoms with Crippen molar-refractivity contribution in [3.05, 3.63) is 54.2 Å². The van der Waals surface area contributed by atoms with Crippen molar-refractivity contribution >= 4 is 10.9 Å². The van der Waals surface area contributed by atoms with E-state index in [0.29, 0.717) is 0 Å². The zero-order chi connectivity index (χ0) is 12.5. The third kappa shape index (κ3) is 1.57. The molecule has 0 amide bonds. The number of aryl methyl sites for hydroxylation is 1. The van der Waals surface area contributed by atoms with Crippen molar-refractivity contribution in [1.82, 2.24) is 14.1 Å². The highest BCUT2D eigenvalue weighted by atomic mass is 15.1. The van der Waals surface area contributed by atoms with Gasteiger partial charge in [0.05, 0.1) is 30.2 Å². The van der Waals surface area contributed by atoms with E-state index in [1.165, 1.54) is 0 Å². The Morgan fingerprint density at radius 1 is 1.33 bits per heavy atom. The number of nitriles is 1. The first kappa shape index (κ1) is 10.6. The van der Waals surface area contributed by atoms with Gasteiger partial charge in [0.1, 0.15) is 0 Å². The van der Waals surface area contributed by atoms with Crippen molar-refractivity contribution in [3.63, 3.8) is 0 Å². The van der Waals surface area contributed by atoms with Crippen LogP contribution in [0.15, 0.2) is 43.0 Å². The molecule has 3 aromatic rings. The molecule has 0 radical (unpaired) electrons. The van der Waals surface area contributed by atoms with E-state index < -0.39 is 0 Å². The fourth-order valence-corrected chi connectivity index (χ4v) is 2.17. The second-order valence-electron chi connectivity index (χ2n) is 4.29. The van der Waals surface area contributed by atoms with E-state index in [2.05, 4.69) is 15.6 Å². The Bertz CT molecular complexity index is 743. The average molecular weight is 236 g/mol. The van der Waals surface area contributed by atoms with Gasteiger partial charge in [0, 0.05) is 30.3 Å². The zero-order valence-electron chi connectivity index (χ0n) is 10.0. The molecule has 0 saturated heterocycles. The first-order valence-corrected chi connectivity index (χ1v) is 5.73. The third-order valence-corrected chi connectivity index (χ3v) is 3.18. The fourth-order valence-electron chi connectivity index (χ4n) is 2.17. The topological polar surface area (TPSA) is 46.5 Å². The van der Waals surface area contributed by atoms with Crippen LogP contribution in [0.1, 0.15) is 11.3 Å². The molecular formula is C14H12N4. The lowest BCUT2D eigenvalue weighted by molar-refractivity contribution is 0.743. The normalized spacial score (nSPS) is 10.7. The summed E-state index contributed by atoms with van der Waals surface area (Å²) >= 11 is 0. The van der Waals surface area contributed by atoms with E-state index in [1.807, 2.05) is 48.3 Å². The average Bonchev–Trinajstić information content (AvgIpc) is 2.97. The van der Waals surface area contributed by atoms with Gasteiger partial charge in [-0.05, 0) is 18.2 Å². The van der Waals surface area contributed by atoms with Crippen LogP contribution < -0.4 is 0 Å². The number of aromatic nitrogens is 3. The predicted molar refractivity (Wildman–Crippen MR) is 69.0 cm³/mol. The number of hydrogen-bond donors (Lipinski definition) is 0. The zero-order valence-corrected chi connectivity index (χ0v) is 10.0. The Balaban J connectivity index is 2.09. The lowest BCUT2D eigenvalue weighted by Crippen LogP contribution is -2.02. The third-order valence-electron chi connectivity index (χ3n) is 3.18. The first-order chi connectivity index (χ1) is 8.79. The molecule has 2 heterocycles. The SMILES string of the molecule is Cn1cncc1Cn1ccc2c(C#N)cccc21. The number of imidazole rings is 1. The maximum Gasteiger partial charge on any atom is 0.0998 e. The molecule has 88 valence electrons. The largest absolute Gasteiger partial charge is 0.341 e. The molecule has 0 aliphatic rings. The van der Waals surface area contributed by atoms with Crippen LogP contribution in [-0.2, 0) is 13.6 Å². The van der Waals surface area contributed by atoms with Crippen LogP contribution in [0.2, 0.25) is 0 Å². The van der Waals surface area contributed by atoms with Crippen molar-refractivity contribution in [2.24, 2.45) is 7.05 Å². The summed E-state index contributed by atoms with van der Waals surface area (Å²) in [6.07, 6.45) is 5.67. The quantitative estimate of drug-likeness (QED) is 0.685. The Morgan fingerprint density at radius 3 is 2.94 bits per heavy atom. The van der Waals surface area contributed by atoms with Gasteiger partial charge in [0.15, 0.2) is 0 Å². The highest BCUT2D eigenvalue weighted by molar-refractivity contribution is 5.86. The molecule has 2 aromatic heterocycles. The molecule has 1 aromatic carbocycles. The predicted octanol–water partition coefficient (Wildman–Crippen LogP) is 2.29. The van der Waals surface area contributed by atoms with Gasteiger partial charge in [-0.2, -0.15) is 5.26 Å². The molecule has 4 heteroatoms. The second kappa shape index (κ2) is 4.04. The summed E-state index contributed by atoms with van der Waals surface area (Å²) in [5.74, 6) is 0. The smallest absolute Gasteiger partial charge is 0.0998 e. The van der Waals surface area contributed by atoms with Crippen molar-refractivity contribution in [3.8, 4) is 6.07 Å². The highest BCUT2D eigenvalue weighted by Crippen LogP contribution is 2.20. The van der Waals surface area contributed by atoms with Crippen LogP contribution in [0, 0.1) is 11.3 Å². The molecule has 0 N–H and O–H groups in total. The van der Waals surface area contributed by atoms with Crippen LogP contribution in [0.3, 0.4) is 0 Å². The van der Waals surface area contributed by atoms with E-state index in [-0.39, 0.29) is 0 Å². The van der Waals surface area contributed by atoms with E-state index in [4.69, 9.17) is 5.26 Å². The number of fused-ring (bicyclic) bond motifs is 1. The Labute approximate surface area is 105 Å². The molecule has 0 spiro atoms. The highest BCUT2D eigenvalue weighted by Gasteiger charge is 2.06. The van der Waals surface area contributed by atoms with Crippen molar-refractivity contribution in [2.45, 2.75) is 6.54 Å². The summed E-state index contributed by atoms with van der Waals surface area (Å²) in [5, 5.41) is 10.1. The van der Waals surface area contributed by atoms with Gasteiger partial charge in [0.2, 0.25) is 0 Å². The number of nitrogens with zero attached hydrogens (tertiary/aromatic N) is 4. The second-order valence-corrected chi connectivity index (χ2v) is 4.29. The molecule has 0 aliphatic heterocycles. The van der Waals surface area contributed by atoms with Crippen LogP contribution in [-0.4, -0.2) is 14.1 Å². The standard InChI is InChI=1S/C14H12N4/c1-17-10-16-8-12(17)9-18-6-5-13-11(7-15)3-2-4-14(13)18/h2-6,8,10H,9H2,1H3. The first-order valence-electron chi connectivity index (χ1n) is 5.73. The molecule has 4 nitrogen and oxygen atoms in total. The van der Waals surface area contributed by atoms with Crippen LogP contribution >= 0.6 is 0 Å². The molecule has 3 rings (SSSR count). The summed E-state index contributed by atoms with van der Waals surface area (Å²) in [5.41, 5.74) is 2.93. The number of benzene rings is 1. The minimum absolute atomic E-state index is 0.719. The molecule has 0 saturated carbocycles. The molecule has 0 fully saturated rings. The van der Waals surface area contributed by atoms with Crippen molar-refractivity contribution < 1.29 is 0 Å². The van der Waals surface area contributed by atoms with Gasteiger partial charge >= 0.3 is 0 Å². The van der Waals surface area contributed by atoms with Crippen LogP contribution in [0.25, 0.3) is 10.9 Å². The van der Waals surface area contributed by atoms with E-state index >= 15 is 0 Å². The molecule has 18 heavy (non-hydrogen) atoms. The number of hydrogen-bond acceptors (Lipinski definition) is 2. The van der Waals surface area contributed by atoms with Gasteiger partial charge in [0.25, 0.3) is 0 Å². The maximum atomic E-state index is 9.07. The molecule has 0 unspecified atom stereocenters. The van der Waals surface area contributed by atoms with Gasteiger partial charge < -0.3 is 9.13 Å².